The molecule has 0 fully saturated rings. The highest BCUT2D eigenvalue weighted by molar-refractivity contribution is 6.33. The molecule has 1 amide bonds. The van der Waals surface area contributed by atoms with Crippen molar-refractivity contribution in [1.29, 1.82) is 0 Å². The normalized spacial score (nSPS) is 11.9. The second kappa shape index (κ2) is 6.43. The number of aromatic hydroxyl groups is 2. The third-order valence-electron chi connectivity index (χ3n) is 2.86. The van der Waals surface area contributed by atoms with Crippen LogP contribution in [0.5, 0.6) is 11.5 Å². The van der Waals surface area contributed by atoms with Gasteiger partial charge in [0.1, 0.15) is 0 Å². The minimum absolute atomic E-state index is 0.206. The van der Waals surface area contributed by atoms with Crippen LogP contribution in [0.15, 0.2) is 36.7 Å². The van der Waals surface area contributed by atoms with Crippen LogP contribution >= 0.6 is 11.6 Å². The zero-order valence-electron chi connectivity index (χ0n) is 11.0. The smallest absolute Gasteiger partial charge is 0.241 e. The molecule has 21 heavy (non-hydrogen) atoms. The predicted octanol–water partition coefficient (Wildman–Crippen LogP) is 1.65. The number of rotatable bonds is 4. The molecular formula is C14H14ClN3O3. The first-order valence-corrected chi connectivity index (χ1v) is 6.52. The number of pyridine rings is 1. The van der Waals surface area contributed by atoms with E-state index in [1.165, 1.54) is 24.5 Å². The molecule has 1 heterocycles. The van der Waals surface area contributed by atoms with Crippen LogP contribution in [0.1, 0.15) is 5.56 Å². The molecule has 2 rings (SSSR count). The first-order valence-electron chi connectivity index (χ1n) is 6.14. The number of anilines is 1. The number of hydrogen-bond donors (Lipinski definition) is 4. The Bertz CT molecular complexity index is 664. The standard InChI is InChI=1S/C14H14ClN3O3/c15-9-3-4-17-7-11(9)18-14(21)10(16)5-8-1-2-12(19)13(20)6-8/h1-4,6-7,10,19-20H,5,16H2,(H,18,21)/t10-/m0/s1. The molecule has 0 aliphatic rings. The van der Waals surface area contributed by atoms with Crippen molar-refractivity contribution in [2.45, 2.75) is 12.5 Å². The Hall–Kier alpha value is -2.31. The first kappa shape index (κ1) is 15.1. The number of carbonyl (C=O) groups excluding carboxylic acids is 1. The van der Waals surface area contributed by atoms with Gasteiger partial charge in [0, 0.05) is 6.20 Å². The maximum Gasteiger partial charge on any atom is 0.241 e. The Balaban J connectivity index is 2.02. The molecule has 1 aromatic heterocycles. The third-order valence-corrected chi connectivity index (χ3v) is 3.19. The zero-order chi connectivity index (χ0) is 15.4. The predicted molar refractivity (Wildman–Crippen MR) is 79.3 cm³/mol. The largest absolute Gasteiger partial charge is 0.504 e. The highest BCUT2D eigenvalue weighted by atomic mass is 35.5. The van der Waals surface area contributed by atoms with Crippen LogP contribution in [0.2, 0.25) is 5.02 Å². The second-order valence-electron chi connectivity index (χ2n) is 4.48. The van der Waals surface area contributed by atoms with Gasteiger partial charge in [-0.3, -0.25) is 9.78 Å². The molecule has 0 aliphatic heterocycles. The Morgan fingerprint density at radius 1 is 1.33 bits per heavy atom. The summed E-state index contributed by atoms with van der Waals surface area (Å²) in [6, 6.07) is 5.01. The number of nitrogens with zero attached hydrogens (tertiary/aromatic N) is 1. The van der Waals surface area contributed by atoms with Crippen molar-refractivity contribution < 1.29 is 15.0 Å². The van der Waals surface area contributed by atoms with E-state index in [1.807, 2.05) is 0 Å². The summed E-state index contributed by atoms with van der Waals surface area (Å²) in [6.45, 7) is 0. The van der Waals surface area contributed by atoms with Gasteiger partial charge < -0.3 is 21.3 Å². The molecule has 0 radical (unpaired) electrons. The van der Waals surface area contributed by atoms with Gasteiger partial charge in [-0.1, -0.05) is 17.7 Å². The Labute approximate surface area is 126 Å². The molecule has 0 saturated heterocycles. The van der Waals surface area contributed by atoms with Crippen LogP contribution in [-0.4, -0.2) is 27.1 Å². The quantitative estimate of drug-likeness (QED) is 0.642. The van der Waals surface area contributed by atoms with Gasteiger partial charge in [-0.15, -0.1) is 0 Å². The molecule has 0 aliphatic carbocycles. The number of benzene rings is 1. The van der Waals surface area contributed by atoms with E-state index < -0.39 is 11.9 Å². The Morgan fingerprint density at radius 3 is 2.76 bits per heavy atom. The van der Waals surface area contributed by atoms with Crippen molar-refractivity contribution in [3.05, 3.63) is 47.2 Å². The summed E-state index contributed by atoms with van der Waals surface area (Å²) in [7, 11) is 0. The van der Waals surface area contributed by atoms with Crippen LogP contribution in [-0.2, 0) is 11.2 Å². The van der Waals surface area contributed by atoms with Crippen LogP contribution in [0.4, 0.5) is 5.69 Å². The van der Waals surface area contributed by atoms with Crippen molar-refractivity contribution >= 4 is 23.2 Å². The van der Waals surface area contributed by atoms with Crippen molar-refractivity contribution in [1.82, 2.24) is 4.98 Å². The summed E-state index contributed by atoms with van der Waals surface area (Å²) in [5, 5.41) is 21.6. The molecule has 2 aromatic rings. The number of nitrogens with one attached hydrogen (secondary N) is 1. The summed E-state index contributed by atoms with van der Waals surface area (Å²) in [5.41, 5.74) is 6.83. The fourth-order valence-electron chi connectivity index (χ4n) is 1.74. The molecule has 6 nitrogen and oxygen atoms in total. The van der Waals surface area contributed by atoms with E-state index in [2.05, 4.69) is 10.3 Å². The SMILES string of the molecule is N[C@@H](Cc1ccc(O)c(O)c1)C(=O)Nc1cnccc1Cl. The number of phenols is 2. The Morgan fingerprint density at radius 2 is 2.10 bits per heavy atom. The molecular weight excluding hydrogens is 294 g/mol. The van der Waals surface area contributed by atoms with Gasteiger partial charge in [0.15, 0.2) is 11.5 Å². The van der Waals surface area contributed by atoms with Crippen molar-refractivity contribution in [2.75, 3.05) is 5.32 Å². The molecule has 110 valence electrons. The molecule has 0 spiro atoms. The minimum atomic E-state index is -0.829. The number of aromatic nitrogens is 1. The average Bonchev–Trinajstić information content (AvgIpc) is 2.45. The number of nitrogens with two attached hydrogens (primary N) is 1. The highest BCUT2D eigenvalue weighted by Gasteiger charge is 2.16. The van der Waals surface area contributed by atoms with E-state index in [4.69, 9.17) is 17.3 Å². The lowest BCUT2D eigenvalue weighted by atomic mass is 10.1. The van der Waals surface area contributed by atoms with E-state index in [1.54, 1.807) is 12.1 Å². The van der Waals surface area contributed by atoms with Gasteiger partial charge in [0.05, 0.1) is 22.9 Å². The summed E-state index contributed by atoms with van der Waals surface area (Å²) >= 11 is 5.92. The van der Waals surface area contributed by atoms with E-state index in [0.717, 1.165) is 0 Å². The van der Waals surface area contributed by atoms with E-state index in [-0.39, 0.29) is 17.9 Å². The van der Waals surface area contributed by atoms with Gasteiger partial charge in [0.25, 0.3) is 0 Å². The fraction of sp³-hybridized carbons (Fsp3) is 0.143. The van der Waals surface area contributed by atoms with E-state index >= 15 is 0 Å². The average molecular weight is 308 g/mol. The summed E-state index contributed by atoms with van der Waals surface area (Å²) in [4.78, 5) is 15.8. The monoisotopic (exact) mass is 307 g/mol. The number of halogens is 1. The third kappa shape index (κ3) is 3.84. The van der Waals surface area contributed by atoms with Gasteiger partial charge in [-0.25, -0.2) is 0 Å². The van der Waals surface area contributed by atoms with Gasteiger partial charge >= 0.3 is 0 Å². The van der Waals surface area contributed by atoms with Crippen LogP contribution in [0.3, 0.4) is 0 Å². The number of hydrogen-bond acceptors (Lipinski definition) is 5. The second-order valence-corrected chi connectivity index (χ2v) is 4.89. The summed E-state index contributed by atoms with van der Waals surface area (Å²) < 4.78 is 0. The van der Waals surface area contributed by atoms with Gasteiger partial charge in [-0.2, -0.15) is 0 Å². The van der Waals surface area contributed by atoms with Crippen LogP contribution in [0.25, 0.3) is 0 Å². The van der Waals surface area contributed by atoms with Gasteiger partial charge in [-0.05, 0) is 30.2 Å². The molecule has 0 saturated carbocycles. The molecule has 0 unspecified atom stereocenters. The number of phenolic OH excluding ortho intramolecular Hbond substituents is 2. The molecule has 1 atom stereocenters. The van der Waals surface area contributed by atoms with Gasteiger partial charge in [0.2, 0.25) is 5.91 Å². The molecule has 0 bridgehead atoms. The van der Waals surface area contributed by atoms with Crippen LogP contribution in [0, 0.1) is 0 Å². The fourth-order valence-corrected chi connectivity index (χ4v) is 1.89. The maximum absolute atomic E-state index is 12.0. The minimum Gasteiger partial charge on any atom is -0.504 e. The zero-order valence-corrected chi connectivity index (χ0v) is 11.7. The lowest BCUT2D eigenvalue weighted by molar-refractivity contribution is -0.117. The van der Waals surface area contributed by atoms with Crippen molar-refractivity contribution in [3.63, 3.8) is 0 Å². The van der Waals surface area contributed by atoms with E-state index in [9.17, 15) is 15.0 Å². The topological polar surface area (TPSA) is 108 Å². The van der Waals surface area contributed by atoms with Crippen molar-refractivity contribution in [3.8, 4) is 11.5 Å². The lowest BCUT2D eigenvalue weighted by Crippen LogP contribution is -2.37. The molecule has 1 aromatic carbocycles. The first-order chi connectivity index (χ1) is 9.97. The summed E-state index contributed by atoms with van der Waals surface area (Å²) in [6.07, 6.45) is 3.15. The van der Waals surface area contributed by atoms with Crippen molar-refractivity contribution in [2.24, 2.45) is 5.73 Å². The number of carbonyl (C=O) groups is 1. The summed E-state index contributed by atoms with van der Waals surface area (Å²) in [5.74, 6) is -0.896. The lowest BCUT2D eigenvalue weighted by Gasteiger charge is -2.13. The maximum atomic E-state index is 12.0. The van der Waals surface area contributed by atoms with Crippen LogP contribution < -0.4 is 11.1 Å². The van der Waals surface area contributed by atoms with E-state index in [0.29, 0.717) is 16.3 Å². The number of amides is 1. The Kier molecular flexibility index (Phi) is 4.62. The molecule has 7 heteroatoms. The molecule has 5 N–H and O–H groups in total. The highest BCUT2D eigenvalue weighted by Crippen LogP contribution is 2.25.